The van der Waals surface area contributed by atoms with Crippen LogP contribution in [0.5, 0.6) is 17.2 Å². The fraction of sp³-hybridized carbons (Fsp3) is 0.556. The molecule has 0 aromatic heterocycles. The van der Waals surface area contributed by atoms with Crippen LogP contribution in [0.2, 0.25) is 0 Å². The highest BCUT2D eigenvalue weighted by atomic mass is 16.6. The SMILES string of the molecule is COc1cc(OC)c([C@@H]2CCN(C)[C@H]2OC(=O)C(O)C(O)C(=O)O)c(OC)c1. The van der Waals surface area contributed by atoms with Gasteiger partial charge in [0.1, 0.15) is 17.2 Å². The third-order valence-electron chi connectivity index (χ3n) is 4.73. The maximum Gasteiger partial charge on any atom is 0.339 e. The molecule has 0 amide bonds. The van der Waals surface area contributed by atoms with Crippen LogP contribution in [0.25, 0.3) is 0 Å². The highest BCUT2D eigenvalue weighted by Gasteiger charge is 2.42. The number of benzene rings is 1. The number of rotatable bonds is 8. The first-order chi connectivity index (χ1) is 13.2. The first kappa shape index (κ1) is 21.7. The number of ether oxygens (including phenoxy) is 4. The Kier molecular flexibility index (Phi) is 7.05. The molecule has 2 unspecified atom stereocenters. The molecule has 0 bridgehead atoms. The van der Waals surface area contributed by atoms with Crippen molar-refractivity contribution >= 4 is 11.9 Å². The summed E-state index contributed by atoms with van der Waals surface area (Å²) >= 11 is 0. The van der Waals surface area contributed by atoms with E-state index in [9.17, 15) is 19.8 Å². The Balaban J connectivity index is 2.35. The molecule has 4 atom stereocenters. The lowest BCUT2D eigenvalue weighted by molar-refractivity contribution is -0.179. The number of esters is 1. The Bertz CT molecular complexity index is 698. The van der Waals surface area contributed by atoms with Gasteiger partial charge in [-0.3, -0.25) is 4.90 Å². The van der Waals surface area contributed by atoms with Crippen molar-refractivity contribution in [2.24, 2.45) is 0 Å². The number of nitrogens with zero attached hydrogens (tertiary/aromatic N) is 1. The molecule has 0 saturated carbocycles. The van der Waals surface area contributed by atoms with Gasteiger partial charge in [-0.2, -0.15) is 0 Å². The van der Waals surface area contributed by atoms with Gasteiger partial charge in [0, 0.05) is 30.2 Å². The maximum absolute atomic E-state index is 12.2. The topological polar surface area (TPSA) is 135 Å². The zero-order valence-corrected chi connectivity index (χ0v) is 16.1. The molecule has 1 aliphatic rings. The highest BCUT2D eigenvalue weighted by Crippen LogP contribution is 2.45. The summed E-state index contributed by atoms with van der Waals surface area (Å²) in [4.78, 5) is 24.7. The average Bonchev–Trinajstić information content (AvgIpc) is 3.05. The van der Waals surface area contributed by atoms with Gasteiger partial charge in [-0.15, -0.1) is 0 Å². The van der Waals surface area contributed by atoms with E-state index in [1.807, 2.05) is 0 Å². The Morgan fingerprint density at radius 1 is 1.07 bits per heavy atom. The highest BCUT2D eigenvalue weighted by molar-refractivity contribution is 5.84. The van der Waals surface area contributed by atoms with Crippen LogP contribution < -0.4 is 14.2 Å². The molecule has 1 heterocycles. The summed E-state index contributed by atoms with van der Waals surface area (Å²) in [5, 5.41) is 27.9. The van der Waals surface area contributed by atoms with Crippen molar-refractivity contribution < 1.29 is 43.9 Å². The van der Waals surface area contributed by atoms with Gasteiger partial charge in [0.2, 0.25) is 0 Å². The van der Waals surface area contributed by atoms with Gasteiger partial charge < -0.3 is 34.3 Å². The average molecular weight is 399 g/mol. The minimum Gasteiger partial charge on any atom is -0.496 e. The number of hydrogen-bond acceptors (Lipinski definition) is 9. The van der Waals surface area contributed by atoms with Crippen LogP contribution in [0.4, 0.5) is 0 Å². The summed E-state index contributed by atoms with van der Waals surface area (Å²) in [6.45, 7) is 0.568. The second-order valence-corrected chi connectivity index (χ2v) is 6.38. The summed E-state index contributed by atoms with van der Waals surface area (Å²) in [7, 11) is 6.21. The van der Waals surface area contributed by atoms with E-state index in [1.165, 1.54) is 21.3 Å². The molecule has 0 aliphatic carbocycles. The van der Waals surface area contributed by atoms with Crippen molar-refractivity contribution in [2.45, 2.75) is 30.8 Å². The fourth-order valence-electron chi connectivity index (χ4n) is 3.23. The molecule has 0 radical (unpaired) electrons. The van der Waals surface area contributed by atoms with Gasteiger partial charge in [0.05, 0.1) is 21.3 Å². The summed E-state index contributed by atoms with van der Waals surface area (Å²) in [5.74, 6) is -1.85. The van der Waals surface area contributed by atoms with Crippen LogP contribution in [-0.2, 0) is 14.3 Å². The molecule has 1 fully saturated rings. The Morgan fingerprint density at radius 3 is 2.11 bits per heavy atom. The van der Waals surface area contributed by atoms with E-state index in [4.69, 9.17) is 24.1 Å². The quantitative estimate of drug-likeness (QED) is 0.505. The molecule has 1 saturated heterocycles. The first-order valence-electron chi connectivity index (χ1n) is 8.54. The molecule has 1 aromatic carbocycles. The molecule has 1 aromatic rings. The second-order valence-electron chi connectivity index (χ2n) is 6.38. The number of carbonyl (C=O) groups excluding carboxylic acids is 1. The lowest BCUT2D eigenvalue weighted by Crippen LogP contribution is -2.44. The van der Waals surface area contributed by atoms with Crippen LogP contribution >= 0.6 is 0 Å². The number of carboxylic acid groups (broad SMARTS) is 1. The lowest BCUT2D eigenvalue weighted by Gasteiger charge is -2.28. The third-order valence-corrected chi connectivity index (χ3v) is 4.73. The third kappa shape index (κ3) is 4.29. The van der Waals surface area contributed by atoms with Crippen molar-refractivity contribution in [3.63, 3.8) is 0 Å². The number of hydrogen-bond donors (Lipinski definition) is 3. The monoisotopic (exact) mass is 399 g/mol. The first-order valence-corrected chi connectivity index (χ1v) is 8.54. The van der Waals surface area contributed by atoms with E-state index >= 15 is 0 Å². The predicted octanol–water partition coefficient (Wildman–Crippen LogP) is -0.193. The van der Waals surface area contributed by atoms with Gasteiger partial charge >= 0.3 is 11.9 Å². The molecule has 10 heteroatoms. The summed E-state index contributed by atoms with van der Waals surface area (Å²) in [6.07, 6.45) is -4.71. The summed E-state index contributed by atoms with van der Waals surface area (Å²) in [6, 6.07) is 3.36. The smallest absolute Gasteiger partial charge is 0.339 e. The predicted molar refractivity (Wildman–Crippen MR) is 95.6 cm³/mol. The van der Waals surface area contributed by atoms with E-state index in [2.05, 4.69) is 0 Å². The van der Waals surface area contributed by atoms with Crippen molar-refractivity contribution in [3.05, 3.63) is 17.7 Å². The van der Waals surface area contributed by atoms with E-state index < -0.39 is 30.4 Å². The molecule has 3 N–H and O–H groups in total. The number of carboxylic acids is 1. The fourth-order valence-corrected chi connectivity index (χ4v) is 3.23. The molecule has 28 heavy (non-hydrogen) atoms. The summed E-state index contributed by atoms with van der Waals surface area (Å²) in [5.41, 5.74) is 0.654. The molecular formula is C18H25NO9. The van der Waals surface area contributed by atoms with Gasteiger partial charge in [0.15, 0.2) is 18.4 Å². The number of likely N-dealkylation sites (tertiary alicyclic amines) is 1. The standard InChI is InChI=1S/C18H25NO9/c1-19-6-5-10(16(19)28-18(24)15(21)14(20)17(22)23)13-11(26-3)7-9(25-2)8-12(13)27-4/h7-8,10,14-16,20-21H,5-6H2,1-4H3,(H,22,23)/t10-,14?,15?,16-/m0/s1. The summed E-state index contributed by atoms with van der Waals surface area (Å²) < 4.78 is 21.5. The molecule has 2 rings (SSSR count). The molecule has 1 aliphatic heterocycles. The van der Waals surface area contributed by atoms with E-state index in [-0.39, 0.29) is 5.92 Å². The Labute approximate surface area is 162 Å². The molecule has 156 valence electrons. The van der Waals surface area contributed by atoms with Crippen LogP contribution in [0.1, 0.15) is 17.9 Å². The van der Waals surface area contributed by atoms with Crippen LogP contribution in [0.15, 0.2) is 12.1 Å². The Hall–Kier alpha value is -2.56. The molecule has 10 nitrogen and oxygen atoms in total. The van der Waals surface area contributed by atoms with Crippen molar-refractivity contribution in [1.82, 2.24) is 4.90 Å². The minimum atomic E-state index is -2.28. The second kappa shape index (κ2) is 9.09. The van der Waals surface area contributed by atoms with Gasteiger partial charge in [0.25, 0.3) is 0 Å². The largest absolute Gasteiger partial charge is 0.496 e. The van der Waals surface area contributed by atoms with E-state index in [0.717, 1.165) is 0 Å². The van der Waals surface area contributed by atoms with Gasteiger partial charge in [-0.1, -0.05) is 0 Å². The molecule has 0 spiro atoms. The number of carbonyl (C=O) groups is 2. The van der Waals surface area contributed by atoms with Crippen LogP contribution in [0, 0.1) is 0 Å². The van der Waals surface area contributed by atoms with E-state index in [0.29, 0.717) is 35.8 Å². The van der Waals surface area contributed by atoms with Crippen molar-refractivity contribution in [2.75, 3.05) is 34.9 Å². The Morgan fingerprint density at radius 2 is 1.64 bits per heavy atom. The van der Waals surface area contributed by atoms with Gasteiger partial charge in [-0.05, 0) is 13.5 Å². The number of aliphatic hydroxyl groups excluding tert-OH is 2. The maximum atomic E-state index is 12.2. The van der Waals surface area contributed by atoms with Crippen LogP contribution in [0.3, 0.4) is 0 Å². The zero-order valence-electron chi connectivity index (χ0n) is 16.1. The number of methoxy groups -OCH3 is 3. The lowest BCUT2D eigenvalue weighted by atomic mass is 9.94. The van der Waals surface area contributed by atoms with E-state index in [1.54, 1.807) is 24.1 Å². The van der Waals surface area contributed by atoms with Crippen LogP contribution in [-0.4, -0.2) is 85.5 Å². The zero-order chi connectivity index (χ0) is 21.0. The number of aliphatic hydroxyl groups is 2. The number of likely N-dealkylation sites (N-methyl/N-ethyl adjacent to an activating group) is 1. The minimum absolute atomic E-state index is 0.376. The van der Waals surface area contributed by atoms with Crippen molar-refractivity contribution in [1.29, 1.82) is 0 Å². The van der Waals surface area contributed by atoms with Gasteiger partial charge in [-0.25, -0.2) is 9.59 Å². The normalized spacial score (nSPS) is 21.6. The molecular weight excluding hydrogens is 374 g/mol. The van der Waals surface area contributed by atoms with Crippen molar-refractivity contribution in [3.8, 4) is 17.2 Å². The number of aliphatic carboxylic acids is 1.